The normalized spacial score (nSPS) is 10.7. The van der Waals surface area contributed by atoms with Gasteiger partial charge in [0.25, 0.3) is 0 Å². The molecule has 0 amide bonds. The number of nitrogen functional groups attached to an aromatic ring is 1. The van der Waals surface area contributed by atoms with Crippen LogP contribution in [0.5, 0.6) is 0 Å². The van der Waals surface area contributed by atoms with E-state index in [0.29, 0.717) is 0 Å². The summed E-state index contributed by atoms with van der Waals surface area (Å²) in [6.07, 6.45) is 3.67. The molecule has 0 unspecified atom stereocenters. The highest BCUT2D eigenvalue weighted by molar-refractivity contribution is 5.66. The second-order valence-corrected chi connectivity index (χ2v) is 4.93. The summed E-state index contributed by atoms with van der Waals surface area (Å²) in [4.78, 5) is 4.21. The summed E-state index contributed by atoms with van der Waals surface area (Å²) in [6, 6.07) is 14.3. The molecular formula is C17H17N3. The maximum Gasteiger partial charge on any atom is 0.0546 e. The minimum absolute atomic E-state index is 0.813. The standard InChI is InChI=1S/C17H17N3/c1-12-8-9-17(14-5-4-10-19-11-14)20(12)16-7-3-6-15(18)13(16)2/h3-11H,18H2,1-2H3. The van der Waals surface area contributed by atoms with Crippen LogP contribution < -0.4 is 5.73 Å². The number of anilines is 1. The second kappa shape index (κ2) is 4.85. The third kappa shape index (κ3) is 1.97. The highest BCUT2D eigenvalue weighted by Crippen LogP contribution is 2.29. The van der Waals surface area contributed by atoms with E-state index in [4.69, 9.17) is 5.73 Å². The maximum atomic E-state index is 6.04. The molecule has 0 saturated heterocycles. The van der Waals surface area contributed by atoms with Gasteiger partial charge in [0.2, 0.25) is 0 Å². The summed E-state index contributed by atoms with van der Waals surface area (Å²) in [5, 5.41) is 0. The first-order valence-corrected chi connectivity index (χ1v) is 6.62. The van der Waals surface area contributed by atoms with Gasteiger partial charge in [-0.25, -0.2) is 0 Å². The van der Waals surface area contributed by atoms with Crippen molar-refractivity contribution in [1.82, 2.24) is 9.55 Å². The van der Waals surface area contributed by atoms with Gasteiger partial charge in [-0.05, 0) is 55.8 Å². The minimum Gasteiger partial charge on any atom is -0.398 e. The Bertz CT molecular complexity index is 742. The first kappa shape index (κ1) is 12.5. The smallest absolute Gasteiger partial charge is 0.0546 e. The van der Waals surface area contributed by atoms with E-state index in [9.17, 15) is 0 Å². The molecule has 2 aromatic heterocycles. The fourth-order valence-electron chi connectivity index (χ4n) is 2.48. The van der Waals surface area contributed by atoms with E-state index in [1.807, 2.05) is 24.4 Å². The van der Waals surface area contributed by atoms with Gasteiger partial charge in [0.15, 0.2) is 0 Å². The maximum absolute atomic E-state index is 6.04. The van der Waals surface area contributed by atoms with Crippen molar-refractivity contribution >= 4 is 5.69 Å². The molecule has 0 atom stereocenters. The average Bonchev–Trinajstić information content (AvgIpc) is 2.85. The number of hydrogen-bond donors (Lipinski definition) is 1. The molecule has 0 radical (unpaired) electrons. The SMILES string of the molecule is Cc1c(N)cccc1-n1c(C)ccc1-c1cccnc1. The third-order valence-electron chi connectivity index (χ3n) is 3.62. The fraction of sp³-hybridized carbons (Fsp3) is 0.118. The van der Waals surface area contributed by atoms with Crippen LogP contribution in [0.15, 0.2) is 54.9 Å². The van der Waals surface area contributed by atoms with Gasteiger partial charge in [-0.3, -0.25) is 4.98 Å². The molecule has 20 heavy (non-hydrogen) atoms. The first-order valence-electron chi connectivity index (χ1n) is 6.62. The predicted octanol–water partition coefficient (Wildman–Crippen LogP) is 3.74. The highest BCUT2D eigenvalue weighted by Gasteiger charge is 2.12. The Labute approximate surface area is 118 Å². The Morgan fingerprint density at radius 2 is 1.85 bits per heavy atom. The minimum atomic E-state index is 0.813. The first-order chi connectivity index (χ1) is 9.68. The van der Waals surface area contributed by atoms with Crippen molar-refractivity contribution in [3.63, 3.8) is 0 Å². The van der Waals surface area contributed by atoms with Gasteiger partial charge in [0.05, 0.1) is 11.4 Å². The molecule has 100 valence electrons. The zero-order chi connectivity index (χ0) is 14.1. The quantitative estimate of drug-likeness (QED) is 0.716. The Hall–Kier alpha value is -2.55. The van der Waals surface area contributed by atoms with Crippen LogP contribution in [0.25, 0.3) is 16.9 Å². The monoisotopic (exact) mass is 263 g/mol. The van der Waals surface area contributed by atoms with Crippen molar-refractivity contribution in [3.8, 4) is 16.9 Å². The predicted molar refractivity (Wildman–Crippen MR) is 82.9 cm³/mol. The van der Waals surface area contributed by atoms with Crippen molar-refractivity contribution in [2.45, 2.75) is 13.8 Å². The lowest BCUT2D eigenvalue weighted by Crippen LogP contribution is -2.03. The molecule has 0 spiro atoms. The van der Waals surface area contributed by atoms with Crippen LogP contribution in [-0.4, -0.2) is 9.55 Å². The van der Waals surface area contributed by atoms with E-state index >= 15 is 0 Å². The van der Waals surface area contributed by atoms with Crippen LogP contribution in [0.4, 0.5) is 5.69 Å². The number of benzene rings is 1. The molecule has 3 nitrogen and oxygen atoms in total. The molecule has 0 aliphatic rings. The Kier molecular flexibility index (Phi) is 3.03. The van der Waals surface area contributed by atoms with Crippen LogP contribution in [0.2, 0.25) is 0 Å². The zero-order valence-electron chi connectivity index (χ0n) is 11.7. The van der Waals surface area contributed by atoms with Gasteiger partial charge < -0.3 is 10.3 Å². The van der Waals surface area contributed by atoms with Crippen molar-refractivity contribution in [1.29, 1.82) is 0 Å². The molecule has 1 aromatic carbocycles. The van der Waals surface area contributed by atoms with Gasteiger partial charge in [-0.2, -0.15) is 0 Å². The lowest BCUT2D eigenvalue weighted by Gasteiger charge is -2.15. The molecule has 0 fully saturated rings. The molecule has 2 N–H and O–H groups in total. The number of nitrogens with two attached hydrogens (primary N) is 1. The largest absolute Gasteiger partial charge is 0.398 e. The van der Waals surface area contributed by atoms with Crippen LogP contribution in [0.1, 0.15) is 11.3 Å². The van der Waals surface area contributed by atoms with E-state index < -0.39 is 0 Å². The number of aromatic nitrogens is 2. The average molecular weight is 263 g/mol. The molecule has 0 aliphatic heterocycles. The zero-order valence-corrected chi connectivity index (χ0v) is 11.7. The van der Waals surface area contributed by atoms with Crippen molar-refractivity contribution in [2.75, 3.05) is 5.73 Å². The molecule has 3 heteroatoms. The van der Waals surface area contributed by atoms with Crippen LogP contribution in [0, 0.1) is 13.8 Å². The number of hydrogen-bond acceptors (Lipinski definition) is 2. The van der Waals surface area contributed by atoms with Crippen LogP contribution in [0.3, 0.4) is 0 Å². The summed E-state index contributed by atoms with van der Waals surface area (Å²) in [6.45, 7) is 4.15. The lowest BCUT2D eigenvalue weighted by molar-refractivity contribution is 1.01. The molecule has 3 rings (SSSR count). The third-order valence-corrected chi connectivity index (χ3v) is 3.62. The van der Waals surface area contributed by atoms with Crippen LogP contribution in [-0.2, 0) is 0 Å². The van der Waals surface area contributed by atoms with Gasteiger partial charge >= 0.3 is 0 Å². The topological polar surface area (TPSA) is 43.8 Å². The second-order valence-electron chi connectivity index (χ2n) is 4.93. The number of aryl methyl sites for hydroxylation is 1. The summed E-state index contributed by atoms with van der Waals surface area (Å²) in [5.41, 5.74) is 12.5. The molecular weight excluding hydrogens is 246 g/mol. The van der Waals surface area contributed by atoms with Crippen LogP contribution >= 0.6 is 0 Å². The summed E-state index contributed by atoms with van der Waals surface area (Å²) >= 11 is 0. The van der Waals surface area contributed by atoms with Gasteiger partial charge in [-0.15, -0.1) is 0 Å². The van der Waals surface area contributed by atoms with Crippen molar-refractivity contribution in [3.05, 3.63) is 66.1 Å². The molecule has 3 aromatic rings. The number of pyridine rings is 1. The van der Waals surface area contributed by atoms with Crippen molar-refractivity contribution < 1.29 is 0 Å². The van der Waals surface area contributed by atoms with Crippen molar-refractivity contribution in [2.24, 2.45) is 0 Å². The van der Waals surface area contributed by atoms with Gasteiger partial charge in [0, 0.05) is 29.3 Å². The Morgan fingerprint density at radius 3 is 2.60 bits per heavy atom. The molecule has 2 heterocycles. The van der Waals surface area contributed by atoms with Gasteiger partial charge in [0.1, 0.15) is 0 Å². The lowest BCUT2D eigenvalue weighted by atomic mass is 10.1. The molecule has 0 bridgehead atoms. The Morgan fingerprint density at radius 1 is 1.00 bits per heavy atom. The molecule has 0 saturated carbocycles. The van der Waals surface area contributed by atoms with E-state index in [1.165, 1.54) is 5.69 Å². The summed E-state index contributed by atoms with van der Waals surface area (Å²) in [5.74, 6) is 0. The summed E-state index contributed by atoms with van der Waals surface area (Å²) < 4.78 is 2.22. The highest BCUT2D eigenvalue weighted by atomic mass is 15.0. The van der Waals surface area contributed by atoms with E-state index in [2.05, 4.69) is 47.7 Å². The Balaban J connectivity index is 2.25. The van der Waals surface area contributed by atoms with E-state index in [1.54, 1.807) is 6.20 Å². The molecule has 0 aliphatic carbocycles. The number of rotatable bonds is 2. The van der Waals surface area contributed by atoms with Gasteiger partial charge in [-0.1, -0.05) is 6.07 Å². The summed E-state index contributed by atoms with van der Waals surface area (Å²) in [7, 11) is 0. The van der Waals surface area contributed by atoms with E-state index in [-0.39, 0.29) is 0 Å². The fourth-order valence-corrected chi connectivity index (χ4v) is 2.48. The van der Waals surface area contributed by atoms with E-state index in [0.717, 1.165) is 28.2 Å². The number of nitrogens with zero attached hydrogens (tertiary/aromatic N) is 2.